The van der Waals surface area contributed by atoms with E-state index in [9.17, 15) is 4.79 Å². The summed E-state index contributed by atoms with van der Waals surface area (Å²) in [5.74, 6) is 0.159. The van der Waals surface area contributed by atoms with Crippen LogP contribution >= 0.6 is 11.6 Å². The number of hydrogen-bond acceptors (Lipinski definition) is 3. The molecular formula is C15H18ClN3O. The lowest BCUT2D eigenvalue weighted by atomic mass is 10.1. The first-order valence-electron chi connectivity index (χ1n) is 6.80. The number of amides is 1. The Morgan fingerprint density at radius 2 is 1.85 bits per heavy atom. The van der Waals surface area contributed by atoms with Crippen LogP contribution in [-0.2, 0) is 11.2 Å². The molecule has 1 aliphatic rings. The van der Waals surface area contributed by atoms with Crippen molar-refractivity contribution < 1.29 is 4.79 Å². The number of benzene rings is 1. The van der Waals surface area contributed by atoms with Crippen LogP contribution in [0.4, 0.5) is 0 Å². The van der Waals surface area contributed by atoms with Crippen molar-refractivity contribution in [2.24, 2.45) is 0 Å². The Morgan fingerprint density at radius 3 is 2.45 bits per heavy atom. The monoisotopic (exact) mass is 291 g/mol. The normalized spacial score (nSPS) is 15.9. The maximum absolute atomic E-state index is 12.2. The van der Waals surface area contributed by atoms with E-state index in [1.165, 1.54) is 0 Å². The highest BCUT2D eigenvalue weighted by Gasteiger charge is 2.20. The maximum atomic E-state index is 12.2. The Bertz CT molecular complexity index is 487. The zero-order valence-corrected chi connectivity index (χ0v) is 12.1. The summed E-state index contributed by atoms with van der Waals surface area (Å²) in [6.07, 6.45) is 0.980. The van der Waals surface area contributed by atoms with Crippen LogP contribution in [0.25, 0.3) is 0 Å². The number of hydrogen-bond donors (Lipinski definition) is 0. The Balaban J connectivity index is 1.80. The van der Waals surface area contributed by atoms with E-state index in [0.717, 1.165) is 38.3 Å². The molecule has 0 unspecified atom stereocenters. The SMILES string of the molecule is N#CCCN1CCN(C(=O)Cc2ccc(Cl)cc2)CC1. The Hall–Kier alpha value is -1.57. The number of piperazine rings is 1. The quantitative estimate of drug-likeness (QED) is 0.852. The number of rotatable bonds is 4. The predicted molar refractivity (Wildman–Crippen MR) is 78.4 cm³/mol. The molecule has 0 atom stereocenters. The van der Waals surface area contributed by atoms with Crippen molar-refractivity contribution in [2.45, 2.75) is 12.8 Å². The van der Waals surface area contributed by atoms with E-state index in [1.54, 1.807) is 0 Å². The topological polar surface area (TPSA) is 47.3 Å². The smallest absolute Gasteiger partial charge is 0.227 e. The number of nitrogens with zero attached hydrogens (tertiary/aromatic N) is 3. The standard InChI is InChI=1S/C15H18ClN3O/c16-14-4-2-13(3-5-14)12-15(20)19-10-8-18(9-11-19)7-1-6-17/h2-5H,1,7-12H2. The minimum Gasteiger partial charge on any atom is -0.340 e. The lowest BCUT2D eigenvalue weighted by Gasteiger charge is -2.34. The molecule has 1 fully saturated rings. The van der Waals surface area contributed by atoms with Crippen molar-refractivity contribution in [1.29, 1.82) is 5.26 Å². The second-order valence-corrected chi connectivity index (χ2v) is 5.37. The van der Waals surface area contributed by atoms with Crippen molar-refractivity contribution in [3.63, 3.8) is 0 Å². The molecule has 0 radical (unpaired) electrons. The van der Waals surface area contributed by atoms with Crippen LogP contribution in [0.1, 0.15) is 12.0 Å². The molecule has 0 spiro atoms. The zero-order valence-electron chi connectivity index (χ0n) is 11.4. The van der Waals surface area contributed by atoms with Gasteiger partial charge in [-0.25, -0.2) is 0 Å². The van der Waals surface area contributed by atoms with Gasteiger partial charge in [0.15, 0.2) is 0 Å². The molecule has 1 aromatic carbocycles. The molecule has 4 nitrogen and oxygen atoms in total. The predicted octanol–water partition coefficient (Wildman–Crippen LogP) is 1.94. The average Bonchev–Trinajstić information content (AvgIpc) is 2.48. The van der Waals surface area contributed by atoms with Gasteiger partial charge in [-0.1, -0.05) is 23.7 Å². The Kier molecular flexibility index (Phi) is 5.40. The number of halogens is 1. The van der Waals surface area contributed by atoms with E-state index in [4.69, 9.17) is 16.9 Å². The molecule has 1 heterocycles. The molecule has 106 valence electrons. The second kappa shape index (κ2) is 7.28. The van der Waals surface area contributed by atoms with Gasteiger partial charge in [0.05, 0.1) is 12.5 Å². The van der Waals surface area contributed by atoms with Crippen molar-refractivity contribution >= 4 is 17.5 Å². The van der Waals surface area contributed by atoms with Crippen molar-refractivity contribution in [1.82, 2.24) is 9.80 Å². The molecule has 0 aliphatic carbocycles. The van der Waals surface area contributed by atoms with Crippen LogP contribution in [0.5, 0.6) is 0 Å². The second-order valence-electron chi connectivity index (χ2n) is 4.93. The van der Waals surface area contributed by atoms with Gasteiger partial charge in [0.25, 0.3) is 0 Å². The highest BCUT2D eigenvalue weighted by molar-refractivity contribution is 6.30. The summed E-state index contributed by atoms with van der Waals surface area (Å²) in [4.78, 5) is 16.3. The molecule has 1 amide bonds. The fourth-order valence-corrected chi connectivity index (χ4v) is 2.44. The Morgan fingerprint density at radius 1 is 1.20 bits per heavy atom. The van der Waals surface area contributed by atoms with Crippen LogP contribution in [0.3, 0.4) is 0 Å². The van der Waals surface area contributed by atoms with Crippen LogP contribution in [0.15, 0.2) is 24.3 Å². The number of nitriles is 1. The molecule has 1 aliphatic heterocycles. The fraction of sp³-hybridized carbons (Fsp3) is 0.467. The minimum atomic E-state index is 0.159. The first-order valence-corrected chi connectivity index (χ1v) is 7.18. The van der Waals surface area contributed by atoms with Gasteiger partial charge < -0.3 is 4.90 Å². The number of carbonyl (C=O) groups is 1. The van der Waals surface area contributed by atoms with E-state index < -0.39 is 0 Å². The summed E-state index contributed by atoms with van der Waals surface area (Å²) < 4.78 is 0. The highest BCUT2D eigenvalue weighted by Crippen LogP contribution is 2.11. The largest absolute Gasteiger partial charge is 0.340 e. The summed E-state index contributed by atoms with van der Waals surface area (Å²) in [6, 6.07) is 9.56. The molecule has 5 heteroatoms. The molecule has 0 saturated carbocycles. The first kappa shape index (κ1) is 14.8. The third-order valence-electron chi connectivity index (χ3n) is 3.53. The Labute approximate surface area is 124 Å². The van der Waals surface area contributed by atoms with Crippen molar-refractivity contribution in [3.8, 4) is 6.07 Å². The third kappa shape index (κ3) is 4.22. The van der Waals surface area contributed by atoms with Gasteiger partial charge in [-0.2, -0.15) is 5.26 Å². The summed E-state index contributed by atoms with van der Waals surface area (Å²) in [5, 5.41) is 9.26. The van der Waals surface area contributed by atoms with Crippen molar-refractivity contribution in [2.75, 3.05) is 32.7 Å². The van der Waals surface area contributed by atoms with E-state index in [-0.39, 0.29) is 5.91 Å². The fourth-order valence-electron chi connectivity index (χ4n) is 2.32. The third-order valence-corrected chi connectivity index (χ3v) is 3.79. The van der Waals surface area contributed by atoms with Gasteiger partial charge >= 0.3 is 0 Å². The van der Waals surface area contributed by atoms with Crippen LogP contribution in [0.2, 0.25) is 5.02 Å². The molecule has 1 aromatic rings. The van der Waals surface area contributed by atoms with Crippen LogP contribution in [0, 0.1) is 11.3 Å². The summed E-state index contributed by atoms with van der Waals surface area (Å²) in [7, 11) is 0. The van der Waals surface area contributed by atoms with Crippen LogP contribution in [-0.4, -0.2) is 48.4 Å². The average molecular weight is 292 g/mol. The highest BCUT2D eigenvalue weighted by atomic mass is 35.5. The van der Waals surface area contributed by atoms with Gasteiger partial charge in [0, 0.05) is 44.2 Å². The molecule has 20 heavy (non-hydrogen) atoms. The van der Waals surface area contributed by atoms with Gasteiger partial charge in [-0.05, 0) is 17.7 Å². The zero-order chi connectivity index (χ0) is 14.4. The summed E-state index contributed by atoms with van der Waals surface area (Å²) in [5.41, 5.74) is 0.992. The lowest BCUT2D eigenvalue weighted by molar-refractivity contribution is -0.132. The molecule has 0 bridgehead atoms. The van der Waals surface area contributed by atoms with Gasteiger partial charge in [-0.3, -0.25) is 9.69 Å². The first-order chi connectivity index (χ1) is 9.69. The molecule has 0 aromatic heterocycles. The molecule has 2 rings (SSSR count). The summed E-state index contributed by atoms with van der Waals surface area (Å²) >= 11 is 5.83. The summed E-state index contributed by atoms with van der Waals surface area (Å²) in [6.45, 7) is 4.01. The lowest BCUT2D eigenvalue weighted by Crippen LogP contribution is -2.49. The van der Waals surface area contributed by atoms with Gasteiger partial charge in [-0.15, -0.1) is 0 Å². The minimum absolute atomic E-state index is 0.159. The van der Waals surface area contributed by atoms with Gasteiger partial charge in [0.2, 0.25) is 5.91 Å². The van der Waals surface area contributed by atoms with E-state index in [2.05, 4.69) is 11.0 Å². The van der Waals surface area contributed by atoms with Gasteiger partial charge in [0.1, 0.15) is 0 Å². The van der Waals surface area contributed by atoms with E-state index in [0.29, 0.717) is 17.9 Å². The molecular weight excluding hydrogens is 274 g/mol. The van der Waals surface area contributed by atoms with E-state index >= 15 is 0 Å². The van der Waals surface area contributed by atoms with Crippen LogP contribution < -0.4 is 0 Å². The number of carbonyl (C=O) groups excluding carboxylic acids is 1. The molecule has 0 N–H and O–H groups in total. The molecule has 1 saturated heterocycles. The van der Waals surface area contributed by atoms with Crippen molar-refractivity contribution in [3.05, 3.63) is 34.9 Å². The van der Waals surface area contributed by atoms with E-state index in [1.807, 2.05) is 29.2 Å². The maximum Gasteiger partial charge on any atom is 0.227 e.